The highest BCUT2D eigenvalue weighted by Gasteiger charge is 2.25. The number of aromatic nitrogens is 2. The van der Waals surface area contributed by atoms with E-state index in [2.05, 4.69) is 22.0 Å². The van der Waals surface area contributed by atoms with Gasteiger partial charge in [-0.1, -0.05) is 12.1 Å². The molecule has 4 rings (SSSR count). The van der Waals surface area contributed by atoms with E-state index in [1.807, 2.05) is 24.3 Å². The van der Waals surface area contributed by atoms with Crippen LogP contribution in [0.25, 0.3) is 11.0 Å². The molecule has 2 aromatic heterocycles. The first-order chi connectivity index (χ1) is 8.93. The summed E-state index contributed by atoms with van der Waals surface area (Å²) in [6, 6.07) is 12.2. The van der Waals surface area contributed by atoms with Crippen molar-refractivity contribution in [3.63, 3.8) is 0 Å². The van der Waals surface area contributed by atoms with Crippen molar-refractivity contribution in [2.75, 3.05) is 6.54 Å². The highest BCUT2D eigenvalue weighted by molar-refractivity contribution is 5.76. The maximum absolute atomic E-state index is 5.54. The molecule has 18 heavy (non-hydrogen) atoms. The molecule has 0 aliphatic carbocycles. The van der Waals surface area contributed by atoms with Crippen molar-refractivity contribution in [1.29, 1.82) is 0 Å². The van der Waals surface area contributed by atoms with Crippen molar-refractivity contribution in [3.8, 4) is 0 Å². The van der Waals surface area contributed by atoms with Crippen molar-refractivity contribution < 1.29 is 4.42 Å². The van der Waals surface area contributed by atoms with Crippen LogP contribution in [0.1, 0.15) is 17.8 Å². The average molecular weight is 239 g/mol. The number of rotatable bonds is 1. The Morgan fingerprint density at radius 3 is 3.06 bits per heavy atom. The Bertz CT molecular complexity index is 684. The van der Waals surface area contributed by atoms with Crippen molar-refractivity contribution in [1.82, 2.24) is 14.9 Å². The molecule has 4 nitrogen and oxygen atoms in total. The van der Waals surface area contributed by atoms with Gasteiger partial charge in [0.25, 0.3) is 0 Å². The quantitative estimate of drug-likeness (QED) is 0.708. The maximum Gasteiger partial charge on any atom is 0.145 e. The smallest absolute Gasteiger partial charge is 0.145 e. The molecule has 4 heteroatoms. The van der Waals surface area contributed by atoms with Gasteiger partial charge in [0.05, 0.1) is 17.3 Å². The first kappa shape index (κ1) is 9.91. The molecule has 1 N–H and O–H groups in total. The van der Waals surface area contributed by atoms with Gasteiger partial charge in [-0.15, -0.1) is 0 Å². The lowest BCUT2D eigenvalue weighted by Crippen LogP contribution is -2.35. The van der Waals surface area contributed by atoms with Crippen LogP contribution in [-0.2, 0) is 6.42 Å². The number of benzene rings is 1. The summed E-state index contributed by atoms with van der Waals surface area (Å²) in [4.78, 5) is 4.69. The third kappa shape index (κ3) is 1.32. The van der Waals surface area contributed by atoms with E-state index < -0.39 is 0 Å². The highest BCUT2D eigenvalue weighted by Crippen LogP contribution is 2.27. The van der Waals surface area contributed by atoms with Crippen molar-refractivity contribution in [3.05, 3.63) is 54.2 Å². The molecule has 3 aromatic rings. The summed E-state index contributed by atoms with van der Waals surface area (Å²) >= 11 is 0. The van der Waals surface area contributed by atoms with Crippen LogP contribution in [0, 0.1) is 0 Å². The number of imidazole rings is 1. The molecular formula is C14H13N3O. The molecule has 0 fully saturated rings. The van der Waals surface area contributed by atoms with Crippen molar-refractivity contribution in [2.24, 2.45) is 0 Å². The number of nitrogens with zero attached hydrogens (tertiary/aromatic N) is 2. The van der Waals surface area contributed by atoms with Gasteiger partial charge in [-0.3, -0.25) is 5.32 Å². The van der Waals surface area contributed by atoms with E-state index in [9.17, 15) is 0 Å². The summed E-state index contributed by atoms with van der Waals surface area (Å²) in [5.41, 5.74) is 2.20. The molecule has 0 saturated heterocycles. The number of hydrogen-bond acceptors (Lipinski definition) is 3. The zero-order valence-electron chi connectivity index (χ0n) is 9.84. The summed E-state index contributed by atoms with van der Waals surface area (Å²) in [7, 11) is 0. The Kier molecular flexibility index (Phi) is 2.04. The third-order valence-electron chi connectivity index (χ3n) is 3.43. The predicted octanol–water partition coefficient (Wildman–Crippen LogP) is 2.32. The van der Waals surface area contributed by atoms with Crippen molar-refractivity contribution in [2.45, 2.75) is 12.6 Å². The number of nitrogens with one attached hydrogen (secondary N) is 1. The summed E-state index contributed by atoms with van der Waals surface area (Å²) in [5, 5.41) is 3.49. The Hall–Kier alpha value is -2.07. The second kappa shape index (κ2) is 3.71. The van der Waals surface area contributed by atoms with Crippen LogP contribution in [0.15, 0.2) is 47.1 Å². The monoisotopic (exact) mass is 239 g/mol. The number of furan rings is 1. The number of fused-ring (bicyclic) bond motifs is 3. The second-order valence-electron chi connectivity index (χ2n) is 4.51. The molecule has 1 aliphatic heterocycles. The normalized spacial score (nSPS) is 19.0. The lowest BCUT2D eigenvalue weighted by molar-refractivity contribution is 0.350. The maximum atomic E-state index is 5.54. The molecule has 0 bridgehead atoms. The highest BCUT2D eigenvalue weighted by atomic mass is 16.3. The van der Waals surface area contributed by atoms with E-state index in [0.717, 1.165) is 35.6 Å². The molecular weight excluding hydrogens is 226 g/mol. The molecule has 1 atom stereocenters. The fourth-order valence-corrected chi connectivity index (χ4v) is 2.65. The first-order valence-corrected chi connectivity index (χ1v) is 6.16. The summed E-state index contributed by atoms with van der Waals surface area (Å²) in [6.07, 6.45) is 2.71. The first-order valence-electron chi connectivity index (χ1n) is 6.16. The van der Waals surface area contributed by atoms with Crippen LogP contribution in [-0.4, -0.2) is 16.1 Å². The minimum absolute atomic E-state index is 0.0520. The van der Waals surface area contributed by atoms with Gasteiger partial charge >= 0.3 is 0 Å². The molecule has 1 aromatic carbocycles. The molecule has 0 radical (unpaired) electrons. The van der Waals surface area contributed by atoms with Crippen LogP contribution in [0.4, 0.5) is 0 Å². The minimum Gasteiger partial charge on any atom is -0.466 e. The van der Waals surface area contributed by atoms with Crippen LogP contribution in [0.3, 0.4) is 0 Å². The molecule has 0 spiro atoms. The Balaban J connectivity index is 1.97. The van der Waals surface area contributed by atoms with Gasteiger partial charge in [-0.25, -0.2) is 4.98 Å². The van der Waals surface area contributed by atoms with Gasteiger partial charge in [0.15, 0.2) is 0 Å². The van der Waals surface area contributed by atoms with E-state index in [-0.39, 0.29) is 6.17 Å². The van der Waals surface area contributed by atoms with Crippen LogP contribution in [0.2, 0.25) is 0 Å². The number of hydrogen-bond donors (Lipinski definition) is 1. The third-order valence-corrected chi connectivity index (χ3v) is 3.43. The summed E-state index contributed by atoms with van der Waals surface area (Å²) in [5.74, 6) is 2.05. The van der Waals surface area contributed by atoms with Gasteiger partial charge in [-0.2, -0.15) is 0 Å². The fraction of sp³-hybridized carbons (Fsp3) is 0.214. The van der Waals surface area contributed by atoms with E-state index >= 15 is 0 Å². The lowest BCUT2D eigenvalue weighted by Gasteiger charge is -2.25. The Morgan fingerprint density at radius 1 is 1.22 bits per heavy atom. The lowest BCUT2D eigenvalue weighted by atomic mass is 10.2. The molecule has 0 saturated carbocycles. The van der Waals surface area contributed by atoms with Gasteiger partial charge in [0.2, 0.25) is 0 Å². The van der Waals surface area contributed by atoms with E-state index in [0.29, 0.717) is 0 Å². The topological polar surface area (TPSA) is 43.0 Å². The van der Waals surface area contributed by atoms with Gasteiger partial charge in [0, 0.05) is 13.0 Å². The molecule has 90 valence electrons. The van der Waals surface area contributed by atoms with Gasteiger partial charge in [-0.05, 0) is 24.3 Å². The fourth-order valence-electron chi connectivity index (χ4n) is 2.65. The SMILES string of the molecule is c1coc(C2NCCc3nc4ccccc4n32)c1. The summed E-state index contributed by atoms with van der Waals surface area (Å²) < 4.78 is 7.77. The zero-order chi connectivity index (χ0) is 11.9. The number of para-hydroxylation sites is 2. The van der Waals surface area contributed by atoms with Crippen LogP contribution >= 0.6 is 0 Å². The predicted molar refractivity (Wildman–Crippen MR) is 68.3 cm³/mol. The van der Waals surface area contributed by atoms with Crippen molar-refractivity contribution >= 4 is 11.0 Å². The van der Waals surface area contributed by atoms with E-state index in [1.54, 1.807) is 6.26 Å². The van der Waals surface area contributed by atoms with E-state index in [4.69, 9.17) is 9.40 Å². The minimum atomic E-state index is 0.0520. The molecule has 1 unspecified atom stereocenters. The Morgan fingerprint density at radius 2 is 2.17 bits per heavy atom. The summed E-state index contributed by atoms with van der Waals surface area (Å²) in [6.45, 7) is 0.925. The van der Waals surface area contributed by atoms with Gasteiger partial charge in [0.1, 0.15) is 17.8 Å². The standard InChI is InChI=1S/C14H13N3O/c1-2-5-11-10(4-1)16-13-7-8-15-14(17(11)13)12-6-3-9-18-12/h1-6,9,14-15H,7-8H2. The molecule has 1 aliphatic rings. The van der Waals surface area contributed by atoms with Gasteiger partial charge < -0.3 is 8.98 Å². The van der Waals surface area contributed by atoms with Crippen LogP contribution < -0.4 is 5.32 Å². The largest absolute Gasteiger partial charge is 0.466 e. The Labute approximate surface area is 104 Å². The zero-order valence-corrected chi connectivity index (χ0v) is 9.84. The van der Waals surface area contributed by atoms with E-state index in [1.165, 1.54) is 0 Å². The average Bonchev–Trinajstić information content (AvgIpc) is 3.05. The second-order valence-corrected chi connectivity index (χ2v) is 4.51. The molecule has 3 heterocycles. The van der Waals surface area contributed by atoms with Crippen LogP contribution in [0.5, 0.6) is 0 Å². The molecule has 0 amide bonds.